The summed E-state index contributed by atoms with van der Waals surface area (Å²) < 4.78 is 0. The van der Waals surface area contributed by atoms with Crippen LogP contribution in [0.15, 0.2) is 29.8 Å². The number of rotatable bonds is 3. The number of aryl methyl sites for hydroxylation is 1. The van der Waals surface area contributed by atoms with Gasteiger partial charge in [-0.2, -0.15) is 0 Å². The highest BCUT2D eigenvalue weighted by Crippen LogP contribution is 2.35. The third kappa shape index (κ3) is 2.62. The molecule has 3 rings (SSSR count). The van der Waals surface area contributed by atoms with Gasteiger partial charge in [0.1, 0.15) is 4.99 Å². The molecule has 0 saturated heterocycles. The molecule has 0 aliphatic heterocycles. The number of hydrogen-bond acceptors (Lipinski definition) is 4. The predicted molar refractivity (Wildman–Crippen MR) is 83.7 cm³/mol. The predicted octanol–water partition coefficient (Wildman–Crippen LogP) is 3.27. The second kappa shape index (κ2) is 5.27. The number of nitrogens with two attached hydrogens (primary N) is 1. The van der Waals surface area contributed by atoms with E-state index < -0.39 is 0 Å². The number of aromatic nitrogens is 1. The first kappa shape index (κ1) is 12.6. The second-order valence-electron chi connectivity index (χ2n) is 4.68. The summed E-state index contributed by atoms with van der Waals surface area (Å²) in [6.07, 6.45) is 5.35. The zero-order valence-electron chi connectivity index (χ0n) is 10.4. The summed E-state index contributed by atoms with van der Waals surface area (Å²) in [6, 6.07) is 6.49. The number of thiocarbonyl (C=S) groups is 1. The Morgan fingerprint density at radius 3 is 3.21 bits per heavy atom. The second-order valence-corrected chi connectivity index (χ2v) is 6.12. The molecule has 2 aromatic heterocycles. The smallest absolute Gasteiger partial charge is 0.122 e. The van der Waals surface area contributed by atoms with Gasteiger partial charge >= 0.3 is 0 Å². The Bertz CT molecular complexity index is 606. The van der Waals surface area contributed by atoms with Gasteiger partial charge in [-0.05, 0) is 48.4 Å². The SMILES string of the molecule is NC(=S)c1cc(NC2CCCc3sccc32)ccn1. The molecular weight excluding hydrogens is 274 g/mol. The van der Waals surface area contributed by atoms with Gasteiger partial charge in [0.05, 0.1) is 11.7 Å². The molecule has 5 heteroatoms. The zero-order valence-corrected chi connectivity index (χ0v) is 12.1. The van der Waals surface area contributed by atoms with Gasteiger partial charge in [0.2, 0.25) is 0 Å². The number of nitrogens with zero attached hydrogens (tertiary/aromatic N) is 1. The van der Waals surface area contributed by atoms with Crippen molar-refractivity contribution in [2.75, 3.05) is 5.32 Å². The van der Waals surface area contributed by atoms with Crippen molar-refractivity contribution in [1.82, 2.24) is 4.98 Å². The van der Waals surface area contributed by atoms with Crippen molar-refractivity contribution in [3.8, 4) is 0 Å². The van der Waals surface area contributed by atoms with Crippen molar-refractivity contribution in [3.63, 3.8) is 0 Å². The largest absolute Gasteiger partial charge is 0.388 e. The first-order valence-corrected chi connectivity index (χ1v) is 7.61. The van der Waals surface area contributed by atoms with E-state index in [-0.39, 0.29) is 0 Å². The third-order valence-electron chi connectivity index (χ3n) is 3.41. The number of hydrogen-bond donors (Lipinski definition) is 2. The molecule has 19 heavy (non-hydrogen) atoms. The van der Waals surface area contributed by atoms with Crippen molar-refractivity contribution in [1.29, 1.82) is 0 Å². The van der Waals surface area contributed by atoms with E-state index in [9.17, 15) is 0 Å². The van der Waals surface area contributed by atoms with Crippen LogP contribution in [0.25, 0.3) is 0 Å². The van der Waals surface area contributed by atoms with Crippen molar-refractivity contribution < 1.29 is 0 Å². The summed E-state index contributed by atoms with van der Waals surface area (Å²) in [5.41, 5.74) is 8.75. The molecule has 0 aromatic carbocycles. The maximum atomic E-state index is 5.62. The molecule has 1 aliphatic carbocycles. The number of pyridine rings is 1. The van der Waals surface area contributed by atoms with Crippen LogP contribution in [0.3, 0.4) is 0 Å². The molecule has 0 bridgehead atoms. The van der Waals surface area contributed by atoms with E-state index in [2.05, 4.69) is 21.7 Å². The van der Waals surface area contributed by atoms with Gasteiger partial charge in [0.15, 0.2) is 0 Å². The van der Waals surface area contributed by atoms with Gasteiger partial charge < -0.3 is 11.1 Å². The fourth-order valence-electron chi connectivity index (χ4n) is 2.49. The molecule has 2 aromatic rings. The molecule has 3 nitrogen and oxygen atoms in total. The fraction of sp³-hybridized carbons (Fsp3) is 0.286. The van der Waals surface area contributed by atoms with Crippen LogP contribution in [0.2, 0.25) is 0 Å². The van der Waals surface area contributed by atoms with E-state index in [0.717, 1.165) is 12.1 Å². The minimum Gasteiger partial charge on any atom is -0.388 e. The molecule has 2 heterocycles. The summed E-state index contributed by atoms with van der Waals surface area (Å²) in [5, 5.41) is 5.75. The van der Waals surface area contributed by atoms with E-state index in [1.54, 1.807) is 6.20 Å². The van der Waals surface area contributed by atoms with Gasteiger partial charge in [-0.25, -0.2) is 0 Å². The molecule has 0 fully saturated rings. The van der Waals surface area contributed by atoms with E-state index >= 15 is 0 Å². The van der Waals surface area contributed by atoms with Gasteiger partial charge in [0, 0.05) is 16.8 Å². The van der Waals surface area contributed by atoms with E-state index in [1.807, 2.05) is 23.5 Å². The van der Waals surface area contributed by atoms with Crippen LogP contribution in [0.5, 0.6) is 0 Å². The lowest BCUT2D eigenvalue weighted by Gasteiger charge is -2.24. The normalized spacial score (nSPS) is 17.8. The Balaban J connectivity index is 1.83. The monoisotopic (exact) mass is 289 g/mol. The van der Waals surface area contributed by atoms with Crippen LogP contribution in [0.1, 0.15) is 35.0 Å². The summed E-state index contributed by atoms with van der Waals surface area (Å²) >= 11 is 6.82. The van der Waals surface area contributed by atoms with E-state index in [1.165, 1.54) is 23.3 Å². The van der Waals surface area contributed by atoms with Crippen LogP contribution >= 0.6 is 23.6 Å². The lowest BCUT2D eigenvalue weighted by Crippen LogP contribution is -2.17. The fourth-order valence-corrected chi connectivity index (χ4v) is 3.59. The van der Waals surface area contributed by atoms with Crippen molar-refractivity contribution >= 4 is 34.2 Å². The summed E-state index contributed by atoms with van der Waals surface area (Å²) in [6.45, 7) is 0. The Hall–Kier alpha value is -1.46. The average Bonchev–Trinajstić information content (AvgIpc) is 2.88. The highest BCUT2D eigenvalue weighted by Gasteiger charge is 2.21. The van der Waals surface area contributed by atoms with Crippen molar-refractivity contribution in [2.45, 2.75) is 25.3 Å². The Labute approximate surface area is 121 Å². The standard InChI is InChI=1S/C14H15N3S2/c15-14(18)12-8-9(4-6-16-12)17-11-2-1-3-13-10(11)5-7-19-13/h4-8,11H,1-3H2,(H2,15,18)(H,16,17). The third-order valence-corrected chi connectivity index (χ3v) is 4.61. The number of nitrogens with one attached hydrogen (secondary N) is 1. The number of anilines is 1. The maximum absolute atomic E-state index is 5.62. The highest BCUT2D eigenvalue weighted by molar-refractivity contribution is 7.80. The summed E-state index contributed by atoms with van der Waals surface area (Å²) in [7, 11) is 0. The van der Waals surface area contributed by atoms with E-state index in [4.69, 9.17) is 18.0 Å². The molecule has 1 atom stereocenters. The van der Waals surface area contributed by atoms with Crippen molar-refractivity contribution in [2.24, 2.45) is 5.73 Å². The molecule has 0 spiro atoms. The number of fused-ring (bicyclic) bond motifs is 1. The molecule has 0 radical (unpaired) electrons. The molecule has 3 N–H and O–H groups in total. The zero-order chi connectivity index (χ0) is 13.2. The van der Waals surface area contributed by atoms with Crippen LogP contribution in [0.4, 0.5) is 5.69 Å². The Kier molecular flexibility index (Phi) is 3.48. The van der Waals surface area contributed by atoms with Gasteiger partial charge in [-0.15, -0.1) is 11.3 Å². The highest BCUT2D eigenvalue weighted by atomic mass is 32.1. The van der Waals surface area contributed by atoms with Crippen LogP contribution in [-0.4, -0.2) is 9.97 Å². The topological polar surface area (TPSA) is 50.9 Å². The molecular formula is C14H15N3S2. The van der Waals surface area contributed by atoms with Gasteiger partial charge in [0.25, 0.3) is 0 Å². The van der Waals surface area contributed by atoms with Gasteiger partial charge in [-0.3, -0.25) is 4.98 Å². The first-order chi connectivity index (χ1) is 9.24. The summed E-state index contributed by atoms with van der Waals surface area (Å²) in [5.74, 6) is 0. The minimum atomic E-state index is 0.337. The molecule has 98 valence electrons. The first-order valence-electron chi connectivity index (χ1n) is 6.32. The van der Waals surface area contributed by atoms with Crippen LogP contribution in [-0.2, 0) is 6.42 Å². The van der Waals surface area contributed by atoms with Gasteiger partial charge in [-0.1, -0.05) is 12.2 Å². The Morgan fingerprint density at radius 1 is 1.47 bits per heavy atom. The quantitative estimate of drug-likeness (QED) is 0.852. The Morgan fingerprint density at radius 2 is 2.37 bits per heavy atom. The summed E-state index contributed by atoms with van der Waals surface area (Å²) in [4.78, 5) is 6.01. The molecule has 0 saturated carbocycles. The molecule has 1 unspecified atom stereocenters. The maximum Gasteiger partial charge on any atom is 0.122 e. The average molecular weight is 289 g/mol. The van der Waals surface area contributed by atoms with Crippen LogP contribution < -0.4 is 11.1 Å². The van der Waals surface area contributed by atoms with Crippen LogP contribution in [0, 0.1) is 0 Å². The molecule has 0 amide bonds. The van der Waals surface area contributed by atoms with Crippen molar-refractivity contribution in [3.05, 3.63) is 45.9 Å². The van der Waals surface area contributed by atoms with E-state index in [0.29, 0.717) is 16.7 Å². The minimum absolute atomic E-state index is 0.337. The number of thiophene rings is 1. The molecule has 1 aliphatic rings. The lowest BCUT2D eigenvalue weighted by atomic mass is 9.94. The lowest BCUT2D eigenvalue weighted by molar-refractivity contribution is 0.609.